The van der Waals surface area contributed by atoms with Crippen molar-refractivity contribution in [2.45, 2.75) is 24.9 Å². The topological polar surface area (TPSA) is 107 Å². The van der Waals surface area contributed by atoms with Crippen molar-refractivity contribution < 1.29 is 21.6 Å². The average molecular weight is 496 g/mol. The lowest BCUT2D eigenvalue weighted by molar-refractivity contribution is -0.121. The molecule has 13 heteroatoms. The quantitative estimate of drug-likeness (QED) is 0.455. The molecule has 0 bridgehead atoms. The highest BCUT2D eigenvalue weighted by Crippen LogP contribution is 2.28. The Morgan fingerprint density at radius 2 is 1.94 bits per heavy atom. The van der Waals surface area contributed by atoms with Gasteiger partial charge in [-0.3, -0.25) is 14.3 Å². The minimum atomic E-state index is -4.71. The number of nitrogens with zero attached hydrogens (tertiary/aromatic N) is 4. The molecule has 4 aromatic rings. The first-order valence-corrected chi connectivity index (χ1v) is 11.7. The van der Waals surface area contributed by atoms with E-state index in [1.165, 1.54) is 25.4 Å². The summed E-state index contributed by atoms with van der Waals surface area (Å²) in [5.41, 5.74) is 1.42. The predicted octanol–water partition coefficient (Wildman–Crippen LogP) is 3.36. The molecule has 1 N–H and O–H groups in total. The second-order valence-corrected chi connectivity index (χ2v) is 9.91. The molecule has 33 heavy (non-hydrogen) atoms. The molecule has 8 nitrogen and oxygen atoms in total. The standard InChI is InChI=1S/C20H16F3N5O3S2/c1-11-6-12(2)15(33(30,31)26-9-20(21,22)23)7-14(11)28-10-25-17-16(19(28)29)32-18(27-17)13-4-3-5-24-8-13/h3-8,10,26H,9H2,1-2H3. The molecule has 0 aliphatic carbocycles. The van der Waals surface area contributed by atoms with Crippen molar-refractivity contribution in [3.8, 4) is 16.3 Å². The number of rotatable bonds is 5. The molecule has 3 heterocycles. The van der Waals surface area contributed by atoms with E-state index in [2.05, 4.69) is 15.0 Å². The number of alkyl halides is 3. The van der Waals surface area contributed by atoms with Crippen LogP contribution in [0.3, 0.4) is 0 Å². The third-order valence-electron chi connectivity index (χ3n) is 4.73. The van der Waals surface area contributed by atoms with E-state index in [1.54, 1.807) is 36.2 Å². The molecule has 0 unspecified atom stereocenters. The van der Waals surface area contributed by atoms with E-state index in [-0.39, 0.29) is 26.5 Å². The van der Waals surface area contributed by atoms with Crippen molar-refractivity contribution in [1.29, 1.82) is 0 Å². The zero-order valence-corrected chi connectivity index (χ0v) is 18.8. The lowest BCUT2D eigenvalue weighted by atomic mass is 10.1. The van der Waals surface area contributed by atoms with E-state index in [4.69, 9.17) is 0 Å². The highest BCUT2D eigenvalue weighted by Gasteiger charge is 2.31. The first-order valence-electron chi connectivity index (χ1n) is 9.43. The van der Waals surface area contributed by atoms with Crippen molar-refractivity contribution in [3.05, 3.63) is 64.5 Å². The molecular weight excluding hydrogens is 479 g/mol. The van der Waals surface area contributed by atoms with Gasteiger partial charge < -0.3 is 0 Å². The van der Waals surface area contributed by atoms with Crippen LogP contribution in [0.1, 0.15) is 11.1 Å². The largest absolute Gasteiger partial charge is 0.402 e. The molecule has 0 atom stereocenters. The van der Waals surface area contributed by atoms with E-state index < -0.39 is 28.3 Å². The first-order chi connectivity index (χ1) is 15.5. The van der Waals surface area contributed by atoms with Gasteiger partial charge in [0.25, 0.3) is 5.56 Å². The zero-order valence-electron chi connectivity index (χ0n) is 17.2. The lowest BCUT2D eigenvalue weighted by Crippen LogP contribution is -2.34. The predicted molar refractivity (Wildman–Crippen MR) is 117 cm³/mol. The van der Waals surface area contributed by atoms with Gasteiger partial charge in [-0.2, -0.15) is 13.2 Å². The van der Waals surface area contributed by atoms with Crippen LogP contribution in [0, 0.1) is 13.8 Å². The van der Waals surface area contributed by atoms with Gasteiger partial charge in [0.05, 0.1) is 10.6 Å². The number of thiazole rings is 1. The lowest BCUT2D eigenvalue weighted by Gasteiger charge is -2.15. The normalized spacial score (nSPS) is 12.4. The van der Waals surface area contributed by atoms with Gasteiger partial charge in [0, 0.05) is 18.0 Å². The number of halogens is 3. The van der Waals surface area contributed by atoms with Crippen LogP contribution in [0.5, 0.6) is 0 Å². The summed E-state index contributed by atoms with van der Waals surface area (Å²) in [6.45, 7) is 1.42. The summed E-state index contributed by atoms with van der Waals surface area (Å²) in [5.74, 6) is 0. The third kappa shape index (κ3) is 4.65. The summed E-state index contributed by atoms with van der Waals surface area (Å²) >= 11 is 1.11. The second-order valence-electron chi connectivity index (χ2n) is 7.18. The van der Waals surface area contributed by atoms with Crippen molar-refractivity contribution >= 4 is 31.7 Å². The fraction of sp³-hybridized carbons (Fsp3) is 0.200. The molecule has 0 spiro atoms. The Balaban J connectivity index is 1.82. The summed E-state index contributed by atoms with van der Waals surface area (Å²) < 4.78 is 65.6. The van der Waals surface area contributed by atoms with E-state index in [9.17, 15) is 26.4 Å². The molecule has 1 aromatic carbocycles. The molecule has 0 aliphatic heterocycles. The van der Waals surface area contributed by atoms with Crippen LogP contribution in [-0.2, 0) is 10.0 Å². The van der Waals surface area contributed by atoms with Gasteiger partial charge in [0.1, 0.15) is 22.6 Å². The summed E-state index contributed by atoms with van der Waals surface area (Å²) in [5, 5.41) is 0.542. The number of benzene rings is 1. The number of sulfonamides is 1. The fourth-order valence-electron chi connectivity index (χ4n) is 3.22. The molecular formula is C20H16F3N5O3S2. The number of aryl methyl sites for hydroxylation is 2. The van der Waals surface area contributed by atoms with Gasteiger partial charge in [0.2, 0.25) is 10.0 Å². The van der Waals surface area contributed by atoms with Gasteiger partial charge in [-0.05, 0) is 43.2 Å². The Morgan fingerprint density at radius 1 is 1.18 bits per heavy atom. The van der Waals surface area contributed by atoms with Crippen LogP contribution in [0.4, 0.5) is 13.2 Å². The molecule has 4 rings (SSSR count). The van der Waals surface area contributed by atoms with Crippen molar-refractivity contribution in [3.63, 3.8) is 0 Å². The highest BCUT2D eigenvalue weighted by atomic mass is 32.2. The molecule has 0 radical (unpaired) electrons. The summed E-state index contributed by atoms with van der Waals surface area (Å²) in [6.07, 6.45) is -0.282. The minimum Gasteiger partial charge on any atom is -0.267 e. The van der Waals surface area contributed by atoms with E-state index in [1.807, 2.05) is 0 Å². The van der Waals surface area contributed by atoms with Crippen LogP contribution < -0.4 is 10.3 Å². The molecule has 0 fully saturated rings. The van der Waals surface area contributed by atoms with E-state index in [0.29, 0.717) is 16.1 Å². The first kappa shape index (κ1) is 23.0. The number of fused-ring (bicyclic) bond motifs is 1. The maximum absolute atomic E-state index is 13.2. The Bertz CT molecular complexity index is 1510. The number of hydrogen-bond acceptors (Lipinski definition) is 7. The number of pyridine rings is 1. The Kier molecular flexibility index (Phi) is 5.80. The maximum atomic E-state index is 13.2. The third-order valence-corrected chi connectivity index (χ3v) is 7.36. The van der Waals surface area contributed by atoms with Crippen molar-refractivity contribution in [2.75, 3.05) is 6.54 Å². The molecule has 172 valence electrons. The Hall–Kier alpha value is -3.16. The number of aromatic nitrogens is 4. The average Bonchev–Trinajstić information content (AvgIpc) is 3.19. The Morgan fingerprint density at radius 3 is 2.61 bits per heavy atom. The maximum Gasteiger partial charge on any atom is 0.402 e. The second kappa shape index (κ2) is 8.32. The summed E-state index contributed by atoms with van der Waals surface area (Å²) in [7, 11) is -4.48. The van der Waals surface area contributed by atoms with Crippen LogP contribution in [0.15, 0.2) is 52.7 Å². The SMILES string of the molecule is Cc1cc(C)c(S(=O)(=O)NCC(F)(F)F)cc1-n1cnc2nc(-c3cccnc3)sc2c1=O. The van der Waals surface area contributed by atoms with Gasteiger partial charge in [0.15, 0.2) is 5.65 Å². The van der Waals surface area contributed by atoms with Crippen LogP contribution in [0.25, 0.3) is 26.6 Å². The molecule has 3 aromatic heterocycles. The molecule has 0 saturated heterocycles. The van der Waals surface area contributed by atoms with Gasteiger partial charge >= 0.3 is 6.18 Å². The van der Waals surface area contributed by atoms with Crippen LogP contribution >= 0.6 is 11.3 Å². The molecule has 0 aliphatic rings. The van der Waals surface area contributed by atoms with Crippen LogP contribution in [-0.4, -0.2) is 40.7 Å². The highest BCUT2D eigenvalue weighted by molar-refractivity contribution is 7.89. The molecule has 0 amide bonds. The summed E-state index contributed by atoms with van der Waals surface area (Å²) in [6, 6.07) is 6.18. The smallest absolute Gasteiger partial charge is 0.267 e. The minimum absolute atomic E-state index is 0.184. The van der Waals surface area contributed by atoms with Gasteiger partial charge in [-0.1, -0.05) is 6.07 Å². The van der Waals surface area contributed by atoms with Crippen LogP contribution in [0.2, 0.25) is 0 Å². The zero-order chi connectivity index (χ0) is 24.0. The number of hydrogen-bond donors (Lipinski definition) is 1. The monoisotopic (exact) mass is 495 g/mol. The summed E-state index contributed by atoms with van der Waals surface area (Å²) in [4.78, 5) is 25.4. The van der Waals surface area contributed by atoms with Crippen molar-refractivity contribution in [2.24, 2.45) is 0 Å². The fourth-order valence-corrected chi connectivity index (χ4v) is 5.42. The number of nitrogens with one attached hydrogen (secondary N) is 1. The van der Waals surface area contributed by atoms with Gasteiger partial charge in [-0.15, -0.1) is 11.3 Å². The Labute approximate surface area is 189 Å². The van der Waals surface area contributed by atoms with E-state index >= 15 is 0 Å². The van der Waals surface area contributed by atoms with Crippen molar-refractivity contribution in [1.82, 2.24) is 24.2 Å². The molecule has 0 saturated carbocycles. The van der Waals surface area contributed by atoms with Gasteiger partial charge in [-0.25, -0.2) is 23.1 Å². The van der Waals surface area contributed by atoms with E-state index in [0.717, 1.165) is 15.9 Å².